The Morgan fingerprint density at radius 2 is 2.24 bits per heavy atom. The van der Waals surface area contributed by atoms with Crippen molar-refractivity contribution in [2.75, 3.05) is 32.1 Å². The molecule has 1 unspecified atom stereocenters. The summed E-state index contributed by atoms with van der Waals surface area (Å²) >= 11 is 1.80. The van der Waals surface area contributed by atoms with Gasteiger partial charge < -0.3 is 4.90 Å². The summed E-state index contributed by atoms with van der Waals surface area (Å²) in [5.41, 5.74) is 0. The van der Waals surface area contributed by atoms with Crippen LogP contribution in [-0.2, 0) is 11.3 Å². The standard InChI is InChI=1S/C15H24N4OS/c1-18(12-14-16-7-4-8-17-14)13-6-9-19(11-13)15(20)5-3-10-21-2/h4,7-8,13H,3,5-6,9-12H2,1-2H3. The lowest BCUT2D eigenvalue weighted by Gasteiger charge is -2.24. The minimum absolute atomic E-state index is 0.302. The van der Waals surface area contributed by atoms with Crippen LogP contribution >= 0.6 is 11.8 Å². The van der Waals surface area contributed by atoms with E-state index in [-0.39, 0.29) is 0 Å². The molecule has 0 radical (unpaired) electrons. The van der Waals surface area contributed by atoms with E-state index < -0.39 is 0 Å². The number of rotatable bonds is 7. The molecule has 1 atom stereocenters. The molecule has 6 heteroatoms. The molecule has 1 aliphatic rings. The van der Waals surface area contributed by atoms with Crippen molar-refractivity contribution in [2.24, 2.45) is 0 Å². The van der Waals surface area contributed by atoms with Crippen LogP contribution in [0.2, 0.25) is 0 Å². The number of carbonyl (C=O) groups excluding carboxylic acids is 1. The largest absolute Gasteiger partial charge is 0.341 e. The minimum atomic E-state index is 0.302. The molecule has 0 aliphatic carbocycles. The van der Waals surface area contributed by atoms with Gasteiger partial charge >= 0.3 is 0 Å². The van der Waals surface area contributed by atoms with Crippen LogP contribution in [0.25, 0.3) is 0 Å². The van der Waals surface area contributed by atoms with Crippen molar-refractivity contribution in [1.82, 2.24) is 19.8 Å². The fourth-order valence-electron chi connectivity index (χ4n) is 2.62. The third kappa shape index (κ3) is 4.97. The SMILES string of the molecule is CSCCCC(=O)N1CCC(N(C)Cc2ncccn2)C1. The molecule has 0 spiro atoms. The molecule has 2 rings (SSSR count). The van der Waals surface area contributed by atoms with Crippen molar-refractivity contribution < 1.29 is 4.79 Å². The van der Waals surface area contributed by atoms with Crippen molar-refractivity contribution in [3.63, 3.8) is 0 Å². The predicted molar refractivity (Wildman–Crippen MR) is 86.1 cm³/mol. The van der Waals surface area contributed by atoms with E-state index in [2.05, 4.69) is 28.2 Å². The molecule has 0 N–H and O–H groups in total. The van der Waals surface area contributed by atoms with Crippen LogP contribution in [0.1, 0.15) is 25.1 Å². The van der Waals surface area contributed by atoms with Crippen molar-refractivity contribution in [3.8, 4) is 0 Å². The molecule has 0 bridgehead atoms. The highest BCUT2D eigenvalue weighted by Crippen LogP contribution is 2.17. The van der Waals surface area contributed by atoms with E-state index in [1.165, 1.54) is 0 Å². The molecule has 0 aromatic carbocycles. The molecule has 0 saturated carbocycles. The summed E-state index contributed by atoms with van der Waals surface area (Å²) in [6.07, 6.45) is 8.32. The van der Waals surface area contributed by atoms with Gasteiger partial charge in [0.05, 0.1) is 6.54 Å². The third-order valence-corrected chi connectivity index (χ3v) is 4.59. The average molecular weight is 308 g/mol. The summed E-state index contributed by atoms with van der Waals surface area (Å²) in [4.78, 5) is 24.9. The molecule has 21 heavy (non-hydrogen) atoms. The average Bonchev–Trinajstić information content (AvgIpc) is 2.98. The summed E-state index contributed by atoms with van der Waals surface area (Å²) in [6.45, 7) is 2.45. The molecule has 1 aliphatic heterocycles. The number of amides is 1. The van der Waals surface area contributed by atoms with Gasteiger partial charge in [0, 0.05) is 37.9 Å². The highest BCUT2D eigenvalue weighted by Gasteiger charge is 2.28. The Kier molecular flexibility index (Phi) is 6.45. The molecule has 1 fully saturated rings. The molecule has 2 heterocycles. The monoisotopic (exact) mass is 308 g/mol. The number of hydrogen-bond donors (Lipinski definition) is 0. The van der Waals surface area contributed by atoms with Crippen LogP contribution in [-0.4, -0.2) is 63.9 Å². The maximum Gasteiger partial charge on any atom is 0.222 e. The Bertz CT molecular complexity index is 443. The van der Waals surface area contributed by atoms with Gasteiger partial charge in [-0.2, -0.15) is 11.8 Å². The zero-order chi connectivity index (χ0) is 15.1. The number of carbonyl (C=O) groups is 1. The predicted octanol–water partition coefficient (Wildman–Crippen LogP) is 1.65. The number of likely N-dealkylation sites (tertiary alicyclic amines) is 1. The molecule has 1 amide bonds. The van der Waals surface area contributed by atoms with Gasteiger partial charge in [0.15, 0.2) is 0 Å². The second-order valence-electron chi connectivity index (χ2n) is 5.46. The molecular formula is C15H24N4OS. The maximum atomic E-state index is 12.1. The summed E-state index contributed by atoms with van der Waals surface area (Å²) in [5.74, 6) is 2.20. The van der Waals surface area contributed by atoms with Gasteiger partial charge in [-0.1, -0.05) is 0 Å². The van der Waals surface area contributed by atoms with Gasteiger partial charge in [0.1, 0.15) is 5.82 Å². The van der Waals surface area contributed by atoms with Crippen LogP contribution < -0.4 is 0 Å². The Hall–Kier alpha value is -1.14. The molecule has 1 aromatic heterocycles. The fourth-order valence-corrected chi connectivity index (χ4v) is 3.05. The van der Waals surface area contributed by atoms with E-state index in [1.807, 2.05) is 11.0 Å². The van der Waals surface area contributed by atoms with E-state index in [4.69, 9.17) is 0 Å². The number of thioether (sulfide) groups is 1. The van der Waals surface area contributed by atoms with Crippen LogP contribution in [0.3, 0.4) is 0 Å². The van der Waals surface area contributed by atoms with Crippen LogP contribution in [0.4, 0.5) is 0 Å². The maximum absolute atomic E-state index is 12.1. The lowest BCUT2D eigenvalue weighted by Crippen LogP contribution is -2.36. The fraction of sp³-hybridized carbons (Fsp3) is 0.667. The Labute approximate surface area is 131 Å². The van der Waals surface area contributed by atoms with E-state index in [0.717, 1.165) is 44.1 Å². The van der Waals surface area contributed by atoms with Crippen molar-refractivity contribution in [3.05, 3.63) is 24.3 Å². The van der Waals surface area contributed by atoms with Crippen molar-refractivity contribution >= 4 is 17.7 Å². The normalized spacial score (nSPS) is 18.4. The zero-order valence-electron chi connectivity index (χ0n) is 12.9. The summed E-state index contributed by atoms with van der Waals surface area (Å²) < 4.78 is 0. The van der Waals surface area contributed by atoms with Crippen LogP contribution in [0.5, 0.6) is 0 Å². The Morgan fingerprint density at radius 1 is 1.48 bits per heavy atom. The highest BCUT2D eigenvalue weighted by atomic mass is 32.2. The minimum Gasteiger partial charge on any atom is -0.341 e. The second kappa shape index (κ2) is 8.34. The highest BCUT2D eigenvalue weighted by molar-refractivity contribution is 7.98. The number of hydrogen-bond acceptors (Lipinski definition) is 5. The van der Waals surface area contributed by atoms with Gasteiger partial charge in [-0.25, -0.2) is 9.97 Å². The van der Waals surface area contributed by atoms with E-state index in [1.54, 1.807) is 24.2 Å². The molecule has 1 saturated heterocycles. The van der Waals surface area contributed by atoms with Gasteiger partial charge in [-0.15, -0.1) is 0 Å². The smallest absolute Gasteiger partial charge is 0.222 e. The van der Waals surface area contributed by atoms with Gasteiger partial charge in [-0.05, 0) is 38.0 Å². The van der Waals surface area contributed by atoms with Crippen LogP contribution in [0.15, 0.2) is 18.5 Å². The lowest BCUT2D eigenvalue weighted by atomic mass is 10.2. The van der Waals surface area contributed by atoms with Crippen molar-refractivity contribution in [1.29, 1.82) is 0 Å². The lowest BCUT2D eigenvalue weighted by molar-refractivity contribution is -0.130. The van der Waals surface area contributed by atoms with Gasteiger partial charge in [0.2, 0.25) is 5.91 Å². The second-order valence-corrected chi connectivity index (χ2v) is 6.44. The first kappa shape index (κ1) is 16.2. The topological polar surface area (TPSA) is 49.3 Å². The molecule has 5 nitrogen and oxygen atoms in total. The van der Waals surface area contributed by atoms with E-state index in [9.17, 15) is 4.79 Å². The molecule has 116 valence electrons. The van der Waals surface area contributed by atoms with E-state index in [0.29, 0.717) is 18.4 Å². The van der Waals surface area contributed by atoms with E-state index >= 15 is 0 Å². The summed E-state index contributed by atoms with van der Waals surface area (Å²) in [5, 5.41) is 0. The number of aromatic nitrogens is 2. The first-order chi connectivity index (χ1) is 10.2. The van der Waals surface area contributed by atoms with Gasteiger partial charge in [-0.3, -0.25) is 9.69 Å². The number of nitrogens with zero attached hydrogens (tertiary/aromatic N) is 4. The van der Waals surface area contributed by atoms with Gasteiger partial charge in [0.25, 0.3) is 0 Å². The first-order valence-electron chi connectivity index (χ1n) is 7.43. The quantitative estimate of drug-likeness (QED) is 0.717. The molecular weight excluding hydrogens is 284 g/mol. The Balaban J connectivity index is 1.77. The third-order valence-electron chi connectivity index (χ3n) is 3.89. The summed E-state index contributed by atoms with van der Waals surface area (Å²) in [6, 6.07) is 2.24. The first-order valence-corrected chi connectivity index (χ1v) is 8.83. The van der Waals surface area contributed by atoms with Crippen molar-refractivity contribution in [2.45, 2.75) is 31.8 Å². The van der Waals surface area contributed by atoms with Crippen LogP contribution in [0, 0.1) is 0 Å². The molecule has 1 aromatic rings. The Morgan fingerprint density at radius 3 is 2.95 bits per heavy atom. The zero-order valence-corrected chi connectivity index (χ0v) is 13.7. The number of likely N-dealkylation sites (N-methyl/N-ethyl adjacent to an activating group) is 1. The summed E-state index contributed by atoms with van der Waals surface area (Å²) in [7, 11) is 2.09.